The molecule has 0 atom stereocenters. The molecule has 20 heavy (non-hydrogen) atoms. The zero-order chi connectivity index (χ0) is 14.5. The van der Waals surface area contributed by atoms with Gasteiger partial charge in [-0.05, 0) is 30.5 Å². The van der Waals surface area contributed by atoms with Crippen LogP contribution in [0.3, 0.4) is 0 Å². The van der Waals surface area contributed by atoms with E-state index >= 15 is 0 Å². The van der Waals surface area contributed by atoms with Crippen LogP contribution in [0, 0.1) is 6.92 Å². The summed E-state index contributed by atoms with van der Waals surface area (Å²) in [5, 5.41) is 10.9. The topological polar surface area (TPSA) is 82.2 Å². The molecule has 0 fully saturated rings. The minimum atomic E-state index is -1.14. The van der Waals surface area contributed by atoms with Gasteiger partial charge in [-0.1, -0.05) is 30.3 Å². The summed E-state index contributed by atoms with van der Waals surface area (Å²) in [4.78, 5) is 25.3. The van der Waals surface area contributed by atoms with Crippen LogP contribution in [0.4, 0.5) is 4.79 Å². The molecule has 0 unspecified atom stereocenters. The van der Waals surface area contributed by atoms with Gasteiger partial charge in [0.2, 0.25) is 0 Å². The van der Waals surface area contributed by atoms with E-state index in [0.717, 1.165) is 16.8 Å². The molecule has 1 amide bonds. The fraction of sp³-hybridized carbons (Fsp3) is 0.200. The first-order valence-corrected chi connectivity index (χ1v) is 6.28. The summed E-state index contributed by atoms with van der Waals surface area (Å²) in [5.41, 5.74) is 2.90. The number of hydrogen-bond acceptors (Lipinski definition) is 2. The zero-order valence-corrected chi connectivity index (χ0v) is 11.1. The first-order chi connectivity index (χ1) is 9.56. The molecule has 0 spiro atoms. The molecule has 1 aromatic heterocycles. The Bertz CT molecular complexity index is 663. The van der Waals surface area contributed by atoms with Gasteiger partial charge in [0.1, 0.15) is 0 Å². The normalized spacial score (nSPS) is 10.2. The number of aromatic nitrogens is 1. The quantitative estimate of drug-likeness (QED) is 0.796. The monoisotopic (exact) mass is 272 g/mol. The van der Waals surface area contributed by atoms with Crippen molar-refractivity contribution in [2.45, 2.75) is 19.9 Å². The van der Waals surface area contributed by atoms with Crippen LogP contribution in [-0.2, 0) is 13.0 Å². The van der Waals surface area contributed by atoms with Gasteiger partial charge in [0.25, 0.3) is 5.56 Å². The van der Waals surface area contributed by atoms with E-state index in [0.29, 0.717) is 12.0 Å². The van der Waals surface area contributed by atoms with Crippen LogP contribution in [0.1, 0.15) is 22.4 Å². The molecule has 0 radical (unpaired) electrons. The first-order valence-electron chi connectivity index (χ1n) is 6.28. The number of H-pyrrole nitrogens is 1. The number of aryl methyl sites for hydroxylation is 1. The van der Waals surface area contributed by atoms with E-state index in [1.165, 1.54) is 0 Å². The van der Waals surface area contributed by atoms with Crippen molar-refractivity contribution in [3.63, 3.8) is 0 Å². The highest BCUT2D eigenvalue weighted by Gasteiger charge is 2.10. The van der Waals surface area contributed by atoms with Crippen LogP contribution in [0.15, 0.2) is 41.2 Å². The third kappa shape index (κ3) is 3.47. The lowest BCUT2D eigenvalue weighted by atomic mass is 10.0. The highest BCUT2D eigenvalue weighted by Crippen LogP contribution is 2.12. The fourth-order valence-corrected chi connectivity index (χ4v) is 2.12. The van der Waals surface area contributed by atoms with Gasteiger partial charge < -0.3 is 15.4 Å². The van der Waals surface area contributed by atoms with Crippen molar-refractivity contribution >= 4 is 6.09 Å². The van der Waals surface area contributed by atoms with E-state index in [4.69, 9.17) is 5.11 Å². The summed E-state index contributed by atoms with van der Waals surface area (Å²) in [6.07, 6.45) is -0.543. The summed E-state index contributed by atoms with van der Waals surface area (Å²) in [7, 11) is 0. The highest BCUT2D eigenvalue weighted by atomic mass is 16.4. The zero-order valence-electron chi connectivity index (χ0n) is 11.1. The number of amides is 1. The van der Waals surface area contributed by atoms with Gasteiger partial charge in [-0.15, -0.1) is 0 Å². The van der Waals surface area contributed by atoms with E-state index < -0.39 is 6.09 Å². The molecule has 0 aliphatic rings. The SMILES string of the molecule is Cc1cc(Cc2ccccc2)c(CNC(=O)O)c(=O)[nH]1. The smallest absolute Gasteiger partial charge is 0.404 e. The second kappa shape index (κ2) is 6.06. The number of rotatable bonds is 4. The van der Waals surface area contributed by atoms with E-state index in [1.807, 2.05) is 43.3 Å². The maximum atomic E-state index is 12.0. The molecule has 3 N–H and O–H groups in total. The van der Waals surface area contributed by atoms with Gasteiger partial charge in [0, 0.05) is 11.3 Å². The lowest BCUT2D eigenvalue weighted by Crippen LogP contribution is -2.27. The summed E-state index contributed by atoms with van der Waals surface area (Å²) >= 11 is 0. The Labute approximate surface area is 116 Å². The molecule has 0 saturated carbocycles. The molecule has 0 saturated heterocycles. The summed E-state index contributed by atoms with van der Waals surface area (Å²) in [5.74, 6) is 0. The van der Waals surface area contributed by atoms with Crippen LogP contribution in [0.25, 0.3) is 0 Å². The summed E-state index contributed by atoms with van der Waals surface area (Å²) in [6.45, 7) is 1.82. The Hall–Kier alpha value is -2.56. The summed E-state index contributed by atoms with van der Waals surface area (Å²) in [6, 6.07) is 11.6. The van der Waals surface area contributed by atoms with Crippen molar-refractivity contribution in [2.24, 2.45) is 0 Å². The van der Waals surface area contributed by atoms with E-state index in [-0.39, 0.29) is 12.1 Å². The maximum Gasteiger partial charge on any atom is 0.404 e. The molecule has 0 aliphatic heterocycles. The van der Waals surface area contributed by atoms with Gasteiger partial charge in [0.15, 0.2) is 0 Å². The minimum absolute atomic E-state index is 0.00706. The number of carboxylic acid groups (broad SMARTS) is 1. The Balaban J connectivity index is 2.34. The number of aromatic amines is 1. The van der Waals surface area contributed by atoms with E-state index in [2.05, 4.69) is 10.3 Å². The second-order valence-electron chi connectivity index (χ2n) is 4.61. The molecule has 2 rings (SSSR count). The molecule has 0 bridgehead atoms. The van der Waals surface area contributed by atoms with Crippen molar-refractivity contribution < 1.29 is 9.90 Å². The van der Waals surface area contributed by atoms with Crippen molar-refractivity contribution in [1.29, 1.82) is 0 Å². The van der Waals surface area contributed by atoms with Crippen molar-refractivity contribution in [2.75, 3.05) is 0 Å². The Morgan fingerprint density at radius 1 is 1.30 bits per heavy atom. The van der Waals surface area contributed by atoms with Gasteiger partial charge >= 0.3 is 6.09 Å². The minimum Gasteiger partial charge on any atom is -0.465 e. The Morgan fingerprint density at radius 2 is 2.00 bits per heavy atom. The summed E-state index contributed by atoms with van der Waals surface area (Å²) < 4.78 is 0. The number of pyridine rings is 1. The number of nitrogens with one attached hydrogen (secondary N) is 2. The van der Waals surface area contributed by atoms with Gasteiger partial charge in [-0.3, -0.25) is 4.79 Å². The fourth-order valence-electron chi connectivity index (χ4n) is 2.12. The van der Waals surface area contributed by atoms with Crippen LogP contribution in [-0.4, -0.2) is 16.2 Å². The predicted octanol–water partition coefficient (Wildman–Crippen LogP) is 2.04. The molecule has 5 nitrogen and oxygen atoms in total. The van der Waals surface area contributed by atoms with Crippen LogP contribution in [0.5, 0.6) is 0 Å². The molecule has 1 aromatic carbocycles. The molecule has 1 heterocycles. The predicted molar refractivity (Wildman–Crippen MR) is 75.9 cm³/mol. The molecule has 0 aliphatic carbocycles. The molecule has 2 aromatic rings. The third-order valence-corrected chi connectivity index (χ3v) is 3.02. The largest absolute Gasteiger partial charge is 0.465 e. The van der Waals surface area contributed by atoms with Crippen LogP contribution < -0.4 is 10.9 Å². The van der Waals surface area contributed by atoms with Gasteiger partial charge in [-0.25, -0.2) is 4.79 Å². The van der Waals surface area contributed by atoms with Crippen LogP contribution >= 0.6 is 0 Å². The molecule has 5 heteroatoms. The lowest BCUT2D eigenvalue weighted by Gasteiger charge is -2.10. The van der Waals surface area contributed by atoms with Crippen molar-refractivity contribution in [1.82, 2.24) is 10.3 Å². The Kier molecular flexibility index (Phi) is 4.20. The number of benzene rings is 1. The van der Waals surface area contributed by atoms with Gasteiger partial charge in [0.05, 0.1) is 6.54 Å². The molecular weight excluding hydrogens is 256 g/mol. The highest BCUT2D eigenvalue weighted by molar-refractivity contribution is 5.64. The molecular formula is C15H16N2O3. The lowest BCUT2D eigenvalue weighted by molar-refractivity contribution is 0.194. The first kappa shape index (κ1) is 13.9. The number of carbonyl (C=O) groups is 1. The van der Waals surface area contributed by atoms with Crippen molar-refractivity contribution in [3.8, 4) is 0 Å². The average Bonchev–Trinajstić information content (AvgIpc) is 2.38. The standard InChI is InChI=1S/C15H16N2O3/c1-10-7-12(8-11-5-3-2-4-6-11)13(14(18)17-10)9-16-15(19)20/h2-7,16H,8-9H2,1H3,(H,17,18)(H,19,20). The van der Waals surface area contributed by atoms with E-state index in [9.17, 15) is 9.59 Å². The van der Waals surface area contributed by atoms with E-state index in [1.54, 1.807) is 0 Å². The Morgan fingerprint density at radius 3 is 2.65 bits per heavy atom. The second-order valence-corrected chi connectivity index (χ2v) is 4.61. The number of hydrogen-bond donors (Lipinski definition) is 3. The maximum absolute atomic E-state index is 12.0. The van der Waals surface area contributed by atoms with Crippen LogP contribution in [0.2, 0.25) is 0 Å². The van der Waals surface area contributed by atoms with Gasteiger partial charge in [-0.2, -0.15) is 0 Å². The van der Waals surface area contributed by atoms with Crippen molar-refractivity contribution in [3.05, 3.63) is 69.1 Å². The third-order valence-electron chi connectivity index (χ3n) is 3.02. The molecule has 104 valence electrons. The average molecular weight is 272 g/mol.